The molecule has 0 bridgehead atoms. The largest absolute Gasteiger partial charge is 0.497 e. The second kappa shape index (κ2) is 9.67. The maximum atomic E-state index is 12.3. The van der Waals surface area contributed by atoms with Crippen LogP contribution in [0.1, 0.15) is 24.4 Å². The molecular formula is C22H30N4O5. The highest BCUT2D eigenvalue weighted by molar-refractivity contribution is 5.90. The van der Waals surface area contributed by atoms with Crippen molar-refractivity contribution in [2.24, 2.45) is 0 Å². The summed E-state index contributed by atoms with van der Waals surface area (Å²) in [5.41, 5.74) is 1.60. The predicted molar refractivity (Wildman–Crippen MR) is 115 cm³/mol. The van der Waals surface area contributed by atoms with E-state index in [1.165, 1.54) is 0 Å². The fourth-order valence-electron chi connectivity index (χ4n) is 4.43. The number of aliphatic carboxylic acids is 1. The standard InChI is InChI=1S/C22H30N4O5/c1-30-15-4-5-19-17(11-15)18(13-23-19)21(22(28)29)26-8-6-25(7-9-26)14-20(27)24-12-16-3-2-10-31-16/h4-5,11,13,16,21,23H,2-3,6-10,12,14H2,1H3,(H,24,27)(H,28,29)/t16-,21-/m0/s1. The van der Waals surface area contributed by atoms with Crippen molar-refractivity contribution in [3.05, 3.63) is 30.0 Å². The second-order valence-corrected chi connectivity index (χ2v) is 8.15. The van der Waals surface area contributed by atoms with E-state index in [-0.39, 0.29) is 12.0 Å². The van der Waals surface area contributed by atoms with E-state index < -0.39 is 12.0 Å². The first-order valence-electron chi connectivity index (χ1n) is 10.8. The number of nitrogens with zero attached hydrogens (tertiary/aromatic N) is 2. The topological polar surface area (TPSA) is 107 Å². The van der Waals surface area contributed by atoms with Gasteiger partial charge in [-0.15, -0.1) is 0 Å². The third-order valence-corrected chi connectivity index (χ3v) is 6.14. The highest BCUT2D eigenvalue weighted by atomic mass is 16.5. The minimum atomic E-state index is -0.883. The van der Waals surface area contributed by atoms with Crippen LogP contribution in [0.15, 0.2) is 24.4 Å². The zero-order chi connectivity index (χ0) is 21.8. The summed E-state index contributed by atoms with van der Waals surface area (Å²) < 4.78 is 10.8. The van der Waals surface area contributed by atoms with E-state index in [4.69, 9.17) is 9.47 Å². The van der Waals surface area contributed by atoms with Crippen molar-refractivity contribution in [2.75, 3.05) is 53.0 Å². The fraction of sp³-hybridized carbons (Fsp3) is 0.545. The normalized spacial score (nSPS) is 21.3. The van der Waals surface area contributed by atoms with Crippen LogP contribution in [0.4, 0.5) is 0 Å². The number of piperazine rings is 1. The van der Waals surface area contributed by atoms with Crippen LogP contribution in [0, 0.1) is 0 Å². The molecule has 9 nitrogen and oxygen atoms in total. The van der Waals surface area contributed by atoms with Crippen molar-refractivity contribution in [1.82, 2.24) is 20.1 Å². The van der Waals surface area contributed by atoms with Gasteiger partial charge in [0.1, 0.15) is 11.8 Å². The van der Waals surface area contributed by atoms with Crippen molar-refractivity contribution in [1.29, 1.82) is 0 Å². The number of H-pyrrole nitrogens is 1. The number of aromatic nitrogens is 1. The van der Waals surface area contributed by atoms with E-state index in [2.05, 4.69) is 15.2 Å². The first-order valence-corrected chi connectivity index (χ1v) is 10.8. The Kier molecular flexibility index (Phi) is 6.74. The summed E-state index contributed by atoms with van der Waals surface area (Å²) >= 11 is 0. The smallest absolute Gasteiger partial charge is 0.325 e. The first-order chi connectivity index (χ1) is 15.0. The van der Waals surface area contributed by atoms with Gasteiger partial charge in [-0.05, 0) is 31.0 Å². The monoisotopic (exact) mass is 430 g/mol. The molecule has 3 N–H and O–H groups in total. The molecule has 0 unspecified atom stereocenters. The molecule has 1 aromatic heterocycles. The van der Waals surface area contributed by atoms with Crippen LogP contribution >= 0.6 is 0 Å². The molecule has 2 aromatic rings. The van der Waals surface area contributed by atoms with Gasteiger partial charge in [-0.2, -0.15) is 0 Å². The van der Waals surface area contributed by atoms with Crippen LogP contribution in [-0.4, -0.2) is 90.9 Å². The van der Waals surface area contributed by atoms with E-state index in [0.717, 1.165) is 35.9 Å². The summed E-state index contributed by atoms with van der Waals surface area (Å²) in [6.45, 7) is 4.09. The molecule has 2 atom stereocenters. The van der Waals surface area contributed by atoms with Crippen LogP contribution in [-0.2, 0) is 14.3 Å². The number of hydrogen-bond donors (Lipinski definition) is 3. The lowest BCUT2D eigenvalue weighted by Crippen LogP contribution is -2.51. The van der Waals surface area contributed by atoms with Gasteiger partial charge in [0.15, 0.2) is 0 Å². The molecule has 2 saturated heterocycles. The number of nitrogens with one attached hydrogen (secondary N) is 2. The number of rotatable bonds is 8. The van der Waals surface area contributed by atoms with Crippen molar-refractivity contribution < 1.29 is 24.2 Å². The Bertz CT molecular complexity index is 916. The lowest BCUT2D eigenvalue weighted by molar-refractivity contribution is -0.144. The molecular weight excluding hydrogens is 400 g/mol. The van der Waals surface area contributed by atoms with E-state index in [1.54, 1.807) is 13.3 Å². The lowest BCUT2D eigenvalue weighted by atomic mass is 10.0. The van der Waals surface area contributed by atoms with Gasteiger partial charge >= 0.3 is 5.97 Å². The lowest BCUT2D eigenvalue weighted by Gasteiger charge is -2.37. The number of carboxylic acid groups (broad SMARTS) is 1. The van der Waals surface area contributed by atoms with Gasteiger partial charge in [0, 0.05) is 62.0 Å². The molecule has 1 amide bonds. The number of ether oxygens (including phenoxy) is 2. The number of carbonyl (C=O) groups excluding carboxylic acids is 1. The zero-order valence-corrected chi connectivity index (χ0v) is 17.8. The van der Waals surface area contributed by atoms with Crippen molar-refractivity contribution in [2.45, 2.75) is 25.0 Å². The molecule has 31 heavy (non-hydrogen) atoms. The van der Waals surface area contributed by atoms with E-state index in [9.17, 15) is 14.7 Å². The highest BCUT2D eigenvalue weighted by Gasteiger charge is 2.32. The Morgan fingerprint density at radius 2 is 2.13 bits per heavy atom. The van der Waals surface area contributed by atoms with Crippen molar-refractivity contribution in [3.8, 4) is 5.75 Å². The van der Waals surface area contributed by atoms with Crippen molar-refractivity contribution >= 4 is 22.8 Å². The van der Waals surface area contributed by atoms with Crippen LogP contribution < -0.4 is 10.1 Å². The maximum absolute atomic E-state index is 12.3. The molecule has 2 fully saturated rings. The minimum Gasteiger partial charge on any atom is -0.497 e. The number of methoxy groups -OCH3 is 1. The number of hydrogen-bond acceptors (Lipinski definition) is 6. The van der Waals surface area contributed by atoms with E-state index in [1.807, 2.05) is 23.1 Å². The first kappa shape index (κ1) is 21.6. The summed E-state index contributed by atoms with van der Waals surface area (Å²) in [6, 6.07) is 4.85. The number of amides is 1. The number of benzene rings is 1. The van der Waals surface area contributed by atoms with Gasteiger partial charge < -0.3 is 24.9 Å². The van der Waals surface area contributed by atoms with E-state index in [0.29, 0.717) is 45.0 Å². The van der Waals surface area contributed by atoms with Gasteiger partial charge in [0.2, 0.25) is 5.91 Å². The molecule has 9 heteroatoms. The molecule has 1 aromatic carbocycles. The van der Waals surface area contributed by atoms with Gasteiger partial charge in [0.25, 0.3) is 0 Å². The molecule has 4 rings (SSSR count). The molecule has 2 aliphatic rings. The summed E-state index contributed by atoms with van der Waals surface area (Å²) in [5.74, 6) is -0.203. The third-order valence-electron chi connectivity index (χ3n) is 6.14. The van der Waals surface area contributed by atoms with Gasteiger partial charge in [-0.25, -0.2) is 0 Å². The molecule has 0 saturated carbocycles. The molecule has 0 spiro atoms. The number of carbonyl (C=O) groups is 2. The average molecular weight is 431 g/mol. The molecule has 3 heterocycles. The quantitative estimate of drug-likeness (QED) is 0.578. The van der Waals surface area contributed by atoms with Gasteiger partial charge in [-0.3, -0.25) is 19.4 Å². The summed E-state index contributed by atoms with van der Waals surface area (Å²) in [7, 11) is 1.60. The van der Waals surface area contributed by atoms with Crippen LogP contribution in [0.25, 0.3) is 10.9 Å². The van der Waals surface area contributed by atoms with E-state index >= 15 is 0 Å². The Morgan fingerprint density at radius 1 is 1.32 bits per heavy atom. The molecule has 2 aliphatic heterocycles. The number of carboxylic acids is 1. The minimum absolute atomic E-state index is 0.0116. The fourth-order valence-corrected chi connectivity index (χ4v) is 4.43. The molecule has 0 aliphatic carbocycles. The third kappa shape index (κ3) is 5.00. The summed E-state index contributed by atoms with van der Waals surface area (Å²) in [6.07, 6.45) is 3.95. The van der Waals surface area contributed by atoms with Crippen LogP contribution in [0.5, 0.6) is 5.75 Å². The number of aromatic amines is 1. The van der Waals surface area contributed by atoms with Crippen molar-refractivity contribution in [3.63, 3.8) is 0 Å². The Morgan fingerprint density at radius 3 is 2.81 bits per heavy atom. The summed E-state index contributed by atoms with van der Waals surface area (Å²) in [5, 5.41) is 13.8. The van der Waals surface area contributed by atoms with Crippen LogP contribution in [0.2, 0.25) is 0 Å². The summed E-state index contributed by atoms with van der Waals surface area (Å²) in [4.78, 5) is 31.6. The van der Waals surface area contributed by atoms with Crippen LogP contribution in [0.3, 0.4) is 0 Å². The van der Waals surface area contributed by atoms with Gasteiger partial charge in [0.05, 0.1) is 19.8 Å². The Labute approximate surface area is 181 Å². The average Bonchev–Trinajstić information content (AvgIpc) is 3.43. The zero-order valence-electron chi connectivity index (χ0n) is 17.8. The highest BCUT2D eigenvalue weighted by Crippen LogP contribution is 2.31. The predicted octanol–water partition coefficient (Wildman–Crippen LogP) is 1.22. The number of fused-ring (bicyclic) bond motifs is 1. The molecule has 168 valence electrons. The maximum Gasteiger partial charge on any atom is 0.325 e. The Balaban J connectivity index is 1.36. The van der Waals surface area contributed by atoms with Gasteiger partial charge in [-0.1, -0.05) is 0 Å². The molecule has 0 radical (unpaired) electrons. The second-order valence-electron chi connectivity index (χ2n) is 8.15. The SMILES string of the molecule is COc1ccc2[nH]cc([C@@H](C(=O)O)N3CCN(CC(=O)NC[C@@H]4CCCO4)CC3)c2c1. The Hall–Kier alpha value is -2.62.